The Labute approximate surface area is 175 Å². The van der Waals surface area contributed by atoms with Gasteiger partial charge in [-0.2, -0.15) is 0 Å². The summed E-state index contributed by atoms with van der Waals surface area (Å²) in [6.07, 6.45) is 20.9. The highest BCUT2D eigenvalue weighted by Crippen LogP contribution is 2.40. The molecule has 0 unspecified atom stereocenters. The number of benzene rings is 1. The largest absolute Gasteiger partial charge is 0.204 e. The fourth-order valence-electron chi connectivity index (χ4n) is 5.57. The van der Waals surface area contributed by atoms with Crippen LogP contribution in [0.4, 0.5) is 13.2 Å². The Balaban J connectivity index is 1.34. The second kappa shape index (κ2) is 11.2. The van der Waals surface area contributed by atoms with E-state index in [4.69, 9.17) is 0 Å². The third-order valence-electron chi connectivity index (χ3n) is 7.49. The number of allylic oxidation sites excluding steroid dienone is 2. The lowest BCUT2D eigenvalue weighted by Crippen LogP contribution is -2.18. The Morgan fingerprint density at radius 2 is 1.24 bits per heavy atom. The van der Waals surface area contributed by atoms with E-state index in [2.05, 4.69) is 19.1 Å². The molecule has 3 heteroatoms. The molecule has 2 aliphatic rings. The van der Waals surface area contributed by atoms with E-state index in [1.165, 1.54) is 69.9 Å². The van der Waals surface area contributed by atoms with Crippen LogP contribution in [0.1, 0.15) is 102 Å². The summed E-state index contributed by atoms with van der Waals surface area (Å²) in [6, 6.07) is 2.39. The summed E-state index contributed by atoms with van der Waals surface area (Å²) in [5.74, 6) is -0.689. The van der Waals surface area contributed by atoms with Crippen LogP contribution < -0.4 is 0 Å². The molecule has 1 aromatic rings. The zero-order valence-corrected chi connectivity index (χ0v) is 17.9. The average Bonchev–Trinajstić information content (AvgIpc) is 2.74. The molecule has 2 aliphatic carbocycles. The molecule has 2 saturated carbocycles. The van der Waals surface area contributed by atoms with Crippen molar-refractivity contribution in [2.24, 2.45) is 17.8 Å². The molecule has 0 amide bonds. The molecule has 162 valence electrons. The standard InChI is InChI=1S/C26H37F3/c1-2-3-4-5-6-19-7-9-20(10-8-19)11-12-21-13-15-22(16-14-21)23-17-24(27)26(29)25(28)18-23/h2-3,17-22H,4-16H2,1H3. The molecule has 0 nitrogen and oxygen atoms in total. The maximum Gasteiger partial charge on any atom is 0.194 e. The molecule has 0 bridgehead atoms. The number of hydrogen-bond acceptors (Lipinski definition) is 0. The van der Waals surface area contributed by atoms with Gasteiger partial charge in [-0.1, -0.05) is 57.1 Å². The van der Waals surface area contributed by atoms with E-state index < -0.39 is 17.5 Å². The predicted molar refractivity (Wildman–Crippen MR) is 114 cm³/mol. The lowest BCUT2D eigenvalue weighted by molar-refractivity contribution is 0.223. The minimum Gasteiger partial charge on any atom is -0.204 e. The first-order chi connectivity index (χ1) is 14.1. The summed E-state index contributed by atoms with van der Waals surface area (Å²) in [5, 5.41) is 0. The Morgan fingerprint density at radius 3 is 1.76 bits per heavy atom. The predicted octanol–water partition coefficient (Wildman–Crippen LogP) is 8.71. The van der Waals surface area contributed by atoms with Crippen LogP contribution in [0, 0.1) is 35.2 Å². The van der Waals surface area contributed by atoms with Crippen LogP contribution in [0.2, 0.25) is 0 Å². The third-order valence-corrected chi connectivity index (χ3v) is 7.49. The van der Waals surface area contributed by atoms with Gasteiger partial charge in [0.1, 0.15) is 0 Å². The van der Waals surface area contributed by atoms with Crippen molar-refractivity contribution in [2.45, 2.75) is 96.3 Å². The second-order valence-corrected chi connectivity index (χ2v) is 9.48. The molecule has 0 atom stereocenters. The summed E-state index contributed by atoms with van der Waals surface area (Å²) in [4.78, 5) is 0. The zero-order valence-electron chi connectivity index (χ0n) is 17.9. The van der Waals surface area contributed by atoms with Crippen LogP contribution in [0.15, 0.2) is 24.3 Å². The molecule has 0 radical (unpaired) electrons. The molecule has 0 heterocycles. The van der Waals surface area contributed by atoms with E-state index in [1.807, 2.05) is 0 Å². The van der Waals surface area contributed by atoms with Crippen LogP contribution in [0.25, 0.3) is 0 Å². The zero-order chi connectivity index (χ0) is 20.6. The first-order valence-corrected chi connectivity index (χ1v) is 11.8. The van der Waals surface area contributed by atoms with Crippen molar-refractivity contribution in [3.05, 3.63) is 47.3 Å². The molecule has 0 spiro atoms. The van der Waals surface area contributed by atoms with E-state index in [9.17, 15) is 13.2 Å². The average molecular weight is 407 g/mol. The van der Waals surface area contributed by atoms with Crippen molar-refractivity contribution < 1.29 is 13.2 Å². The van der Waals surface area contributed by atoms with Crippen molar-refractivity contribution >= 4 is 0 Å². The molecular formula is C26H37F3. The van der Waals surface area contributed by atoms with Crippen LogP contribution in [0.3, 0.4) is 0 Å². The van der Waals surface area contributed by atoms with Gasteiger partial charge in [-0.15, -0.1) is 0 Å². The fourth-order valence-corrected chi connectivity index (χ4v) is 5.57. The first-order valence-electron chi connectivity index (χ1n) is 11.8. The van der Waals surface area contributed by atoms with Gasteiger partial charge in [0.2, 0.25) is 0 Å². The SMILES string of the molecule is CC=CCCCC1CCC(CCC2CCC(c3cc(F)c(F)c(F)c3)CC2)CC1. The summed E-state index contributed by atoms with van der Waals surface area (Å²) in [6.45, 7) is 2.10. The minimum atomic E-state index is -1.35. The molecule has 0 aliphatic heterocycles. The monoisotopic (exact) mass is 406 g/mol. The Bertz CT molecular complexity index is 627. The number of halogens is 3. The molecule has 3 rings (SSSR count). The molecule has 0 N–H and O–H groups in total. The summed E-state index contributed by atoms with van der Waals surface area (Å²) >= 11 is 0. The van der Waals surface area contributed by atoms with Crippen molar-refractivity contribution in [2.75, 3.05) is 0 Å². The molecular weight excluding hydrogens is 369 g/mol. The van der Waals surface area contributed by atoms with Gasteiger partial charge in [0.05, 0.1) is 0 Å². The number of unbranched alkanes of at least 4 members (excludes halogenated alkanes) is 1. The van der Waals surface area contributed by atoms with Gasteiger partial charge >= 0.3 is 0 Å². The smallest absolute Gasteiger partial charge is 0.194 e. The molecule has 2 fully saturated rings. The maximum absolute atomic E-state index is 13.5. The third kappa shape index (κ3) is 6.62. The summed E-state index contributed by atoms with van der Waals surface area (Å²) in [7, 11) is 0. The van der Waals surface area contributed by atoms with Crippen LogP contribution in [0.5, 0.6) is 0 Å². The number of hydrogen-bond donors (Lipinski definition) is 0. The van der Waals surface area contributed by atoms with E-state index in [0.717, 1.165) is 43.4 Å². The minimum absolute atomic E-state index is 0.175. The van der Waals surface area contributed by atoms with Gasteiger partial charge in [0.15, 0.2) is 17.5 Å². The van der Waals surface area contributed by atoms with E-state index >= 15 is 0 Å². The highest BCUT2D eigenvalue weighted by Gasteiger charge is 2.26. The molecule has 0 saturated heterocycles. The lowest BCUT2D eigenvalue weighted by Gasteiger charge is -2.32. The van der Waals surface area contributed by atoms with Gasteiger partial charge in [-0.3, -0.25) is 0 Å². The Kier molecular flexibility index (Phi) is 8.68. The summed E-state index contributed by atoms with van der Waals surface area (Å²) in [5.41, 5.74) is 0.632. The normalized spacial score (nSPS) is 28.1. The first kappa shape index (κ1) is 22.4. The van der Waals surface area contributed by atoms with Crippen molar-refractivity contribution in [3.8, 4) is 0 Å². The van der Waals surface area contributed by atoms with Gasteiger partial charge in [0.25, 0.3) is 0 Å². The number of rotatable bonds is 8. The Morgan fingerprint density at radius 1 is 0.759 bits per heavy atom. The molecule has 1 aromatic carbocycles. The van der Waals surface area contributed by atoms with E-state index in [-0.39, 0.29) is 5.92 Å². The van der Waals surface area contributed by atoms with Crippen molar-refractivity contribution in [1.82, 2.24) is 0 Å². The van der Waals surface area contributed by atoms with E-state index in [0.29, 0.717) is 5.56 Å². The quantitative estimate of drug-likeness (QED) is 0.230. The highest BCUT2D eigenvalue weighted by atomic mass is 19.2. The van der Waals surface area contributed by atoms with Crippen molar-refractivity contribution in [3.63, 3.8) is 0 Å². The van der Waals surface area contributed by atoms with Crippen LogP contribution >= 0.6 is 0 Å². The van der Waals surface area contributed by atoms with Crippen LogP contribution in [-0.2, 0) is 0 Å². The van der Waals surface area contributed by atoms with Gasteiger partial charge in [-0.05, 0) is 86.8 Å². The summed E-state index contributed by atoms with van der Waals surface area (Å²) < 4.78 is 40.2. The fraction of sp³-hybridized carbons (Fsp3) is 0.692. The van der Waals surface area contributed by atoms with E-state index in [1.54, 1.807) is 0 Å². The van der Waals surface area contributed by atoms with Gasteiger partial charge in [-0.25, -0.2) is 13.2 Å². The van der Waals surface area contributed by atoms with Gasteiger partial charge in [0, 0.05) is 0 Å². The van der Waals surface area contributed by atoms with Crippen LogP contribution in [-0.4, -0.2) is 0 Å². The van der Waals surface area contributed by atoms with Gasteiger partial charge < -0.3 is 0 Å². The lowest BCUT2D eigenvalue weighted by atomic mass is 9.74. The second-order valence-electron chi connectivity index (χ2n) is 9.48. The molecule has 0 aromatic heterocycles. The van der Waals surface area contributed by atoms with Crippen molar-refractivity contribution in [1.29, 1.82) is 0 Å². The topological polar surface area (TPSA) is 0 Å². The Hall–Kier alpha value is -1.25. The highest BCUT2D eigenvalue weighted by molar-refractivity contribution is 5.23. The maximum atomic E-state index is 13.5. The molecule has 29 heavy (non-hydrogen) atoms.